The number of pyridine rings is 2. The fraction of sp³-hybridized carbons (Fsp3) is 0.391. The molecule has 1 N–H and O–H groups in total. The van der Waals surface area contributed by atoms with Crippen molar-refractivity contribution in [3.8, 4) is 17.0 Å². The molecule has 4 rings (SSSR count). The van der Waals surface area contributed by atoms with E-state index in [2.05, 4.69) is 19.9 Å². The molecular weight excluding hydrogens is 352 g/mol. The molecule has 28 heavy (non-hydrogen) atoms. The van der Waals surface area contributed by atoms with Crippen LogP contribution in [0.15, 0.2) is 36.4 Å². The zero-order chi connectivity index (χ0) is 19.7. The van der Waals surface area contributed by atoms with E-state index in [4.69, 9.17) is 19.4 Å². The largest absolute Gasteiger partial charge is 0.496 e. The third kappa shape index (κ3) is 3.73. The maximum Gasteiger partial charge on any atom is 0.160 e. The quantitative estimate of drug-likeness (QED) is 0.743. The number of fused-ring (bicyclic) bond motifs is 1. The third-order valence-corrected chi connectivity index (χ3v) is 5.46. The molecule has 1 aliphatic rings. The van der Waals surface area contributed by atoms with Gasteiger partial charge in [-0.15, -0.1) is 0 Å². The Labute approximate surface area is 165 Å². The monoisotopic (exact) mass is 378 g/mol. The summed E-state index contributed by atoms with van der Waals surface area (Å²) in [4.78, 5) is 9.57. The topological polar surface area (TPSA) is 64.5 Å². The highest BCUT2D eigenvalue weighted by Crippen LogP contribution is 2.34. The van der Waals surface area contributed by atoms with Crippen LogP contribution in [0.4, 0.5) is 0 Å². The molecule has 0 spiro atoms. The van der Waals surface area contributed by atoms with Crippen molar-refractivity contribution in [1.29, 1.82) is 0 Å². The van der Waals surface area contributed by atoms with Crippen molar-refractivity contribution < 1.29 is 14.6 Å². The van der Waals surface area contributed by atoms with Gasteiger partial charge in [0.05, 0.1) is 18.4 Å². The van der Waals surface area contributed by atoms with Gasteiger partial charge in [-0.05, 0) is 68.1 Å². The van der Waals surface area contributed by atoms with Crippen molar-refractivity contribution in [2.75, 3.05) is 20.3 Å². The van der Waals surface area contributed by atoms with Crippen LogP contribution in [-0.4, -0.2) is 41.0 Å². The maximum absolute atomic E-state index is 10.8. The first-order valence-corrected chi connectivity index (χ1v) is 9.70. The number of rotatable bonds is 4. The van der Waals surface area contributed by atoms with E-state index in [9.17, 15) is 5.11 Å². The van der Waals surface area contributed by atoms with Gasteiger partial charge in [0.15, 0.2) is 5.65 Å². The first-order valence-electron chi connectivity index (χ1n) is 9.70. The van der Waals surface area contributed by atoms with E-state index >= 15 is 0 Å². The molecule has 0 aliphatic carbocycles. The van der Waals surface area contributed by atoms with E-state index in [-0.39, 0.29) is 0 Å². The number of aryl methyl sites for hydroxylation is 2. The molecule has 5 heteroatoms. The number of aromatic nitrogens is 2. The summed E-state index contributed by atoms with van der Waals surface area (Å²) in [5.41, 5.74) is 4.91. The molecule has 0 radical (unpaired) electrons. The minimum Gasteiger partial charge on any atom is -0.496 e. The molecule has 0 unspecified atom stereocenters. The third-order valence-electron chi connectivity index (χ3n) is 5.46. The highest BCUT2D eigenvalue weighted by molar-refractivity contribution is 5.81. The average Bonchev–Trinajstić information content (AvgIpc) is 2.67. The predicted molar refractivity (Wildman–Crippen MR) is 110 cm³/mol. The summed E-state index contributed by atoms with van der Waals surface area (Å²) in [6.45, 7) is 5.32. The number of benzene rings is 1. The number of aliphatic hydroxyl groups is 1. The second kappa shape index (κ2) is 7.49. The van der Waals surface area contributed by atoms with E-state index in [1.54, 1.807) is 7.11 Å². The lowest BCUT2D eigenvalue weighted by Crippen LogP contribution is -2.38. The van der Waals surface area contributed by atoms with Gasteiger partial charge in [0, 0.05) is 36.3 Å². The Morgan fingerprint density at radius 2 is 1.82 bits per heavy atom. The van der Waals surface area contributed by atoms with Crippen LogP contribution in [0.5, 0.6) is 5.75 Å². The Hall–Kier alpha value is -2.50. The molecule has 1 saturated heterocycles. The highest BCUT2D eigenvalue weighted by atomic mass is 16.5. The van der Waals surface area contributed by atoms with Crippen molar-refractivity contribution in [1.82, 2.24) is 9.97 Å². The number of hydrogen-bond donors (Lipinski definition) is 1. The van der Waals surface area contributed by atoms with Crippen molar-refractivity contribution in [3.05, 3.63) is 53.2 Å². The Morgan fingerprint density at radius 1 is 1.07 bits per heavy atom. The summed E-state index contributed by atoms with van der Waals surface area (Å²) in [5, 5.41) is 11.8. The SMILES string of the molecule is COc1cc(C)cc(C)c1-c1ccc2ccc(CC3(O)CCOCC3)nc2n1. The van der Waals surface area contributed by atoms with Gasteiger partial charge in [-0.2, -0.15) is 0 Å². The Morgan fingerprint density at radius 3 is 2.57 bits per heavy atom. The van der Waals surface area contributed by atoms with E-state index in [1.807, 2.05) is 30.3 Å². The van der Waals surface area contributed by atoms with Gasteiger partial charge < -0.3 is 14.6 Å². The molecule has 0 atom stereocenters. The van der Waals surface area contributed by atoms with Crippen LogP contribution in [0.2, 0.25) is 0 Å². The van der Waals surface area contributed by atoms with Crippen LogP contribution in [0.25, 0.3) is 22.3 Å². The summed E-state index contributed by atoms with van der Waals surface area (Å²) in [6.07, 6.45) is 1.80. The first-order chi connectivity index (χ1) is 13.5. The number of hydrogen-bond acceptors (Lipinski definition) is 5. The molecule has 3 aromatic rings. The van der Waals surface area contributed by atoms with Crippen LogP contribution < -0.4 is 4.74 Å². The molecule has 0 bridgehead atoms. The highest BCUT2D eigenvalue weighted by Gasteiger charge is 2.30. The molecule has 0 amide bonds. The lowest BCUT2D eigenvalue weighted by Gasteiger charge is -2.31. The zero-order valence-corrected chi connectivity index (χ0v) is 16.7. The van der Waals surface area contributed by atoms with Gasteiger partial charge in [-0.3, -0.25) is 0 Å². The summed E-state index contributed by atoms with van der Waals surface area (Å²) >= 11 is 0. The Balaban J connectivity index is 1.73. The van der Waals surface area contributed by atoms with Crippen LogP contribution in [0, 0.1) is 13.8 Å². The van der Waals surface area contributed by atoms with Gasteiger partial charge in [0.2, 0.25) is 0 Å². The molecule has 1 aliphatic heterocycles. The lowest BCUT2D eigenvalue weighted by atomic mass is 9.89. The van der Waals surface area contributed by atoms with Crippen molar-refractivity contribution in [2.24, 2.45) is 0 Å². The number of nitrogens with zero attached hydrogens (tertiary/aromatic N) is 2. The molecule has 1 aromatic carbocycles. The van der Waals surface area contributed by atoms with Crippen molar-refractivity contribution in [3.63, 3.8) is 0 Å². The van der Waals surface area contributed by atoms with Gasteiger partial charge >= 0.3 is 0 Å². The molecular formula is C23H26N2O3. The van der Waals surface area contributed by atoms with Crippen molar-refractivity contribution in [2.45, 2.75) is 38.7 Å². The van der Waals surface area contributed by atoms with Gasteiger partial charge in [0.1, 0.15) is 5.75 Å². The van der Waals surface area contributed by atoms with Gasteiger partial charge in [-0.25, -0.2) is 9.97 Å². The molecule has 3 heterocycles. The standard InChI is InChI=1S/C23H26N2O3/c1-15-12-16(2)21(20(13-15)27-3)19-7-5-17-4-6-18(24-22(17)25-19)14-23(26)8-10-28-11-9-23/h4-7,12-13,26H,8-11,14H2,1-3H3. The van der Waals surface area contributed by atoms with Crippen LogP contribution >= 0.6 is 0 Å². The van der Waals surface area contributed by atoms with Gasteiger partial charge in [0.25, 0.3) is 0 Å². The summed E-state index contributed by atoms with van der Waals surface area (Å²) < 4.78 is 11.0. The molecule has 146 valence electrons. The molecule has 5 nitrogen and oxygen atoms in total. The zero-order valence-electron chi connectivity index (χ0n) is 16.7. The maximum atomic E-state index is 10.8. The van der Waals surface area contributed by atoms with Crippen LogP contribution in [0.3, 0.4) is 0 Å². The predicted octanol–water partition coefficient (Wildman–Crippen LogP) is 4.01. The van der Waals surface area contributed by atoms with Crippen molar-refractivity contribution >= 4 is 11.0 Å². The minimum atomic E-state index is -0.743. The molecule has 1 fully saturated rings. The smallest absolute Gasteiger partial charge is 0.160 e. The van der Waals surface area contributed by atoms with Crippen LogP contribution in [-0.2, 0) is 11.2 Å². The number of methoxy groups -OCH3 is 1. The van der Waals surface area contributed by atoms with Crippen LogP contribution in [0.1, 0.15) is 29.7 Å². The summed E-state index contributed by atoms with van der Waals surface area (Å²) in [5.74, 6) is 0.817. The fourth-order valence-corrected chi connectivity index (χ4v) is 3.96. The first kappa shape index (κ1) is 18.8. The normalized spacial score (nSPS) is 16.3. The van der Waals surface area contributed by atoms with Gasteiger partial charge in [-0.1, -0.05) is 6.07 Å². The second-order valence-electron chi connectivity index (χ2n) is 7.72. The Bertz CT molecular complexity index is 1010. The second-order valence-corrected chi connectivity index (χ2v) is 7.72. The van der Waals surface area contributed by atoms with E-state index < -0.39 is 5.60 Å². The van der Waals surface area contributed by atoms with E-state index in [0.29, 0.717) is 38.1 Å². The summed E-state index contributed by atoms with van der Waals surface area (Å²) in [6, 6.07) is 12.2. The molecule has 2 aromatic heterocycles. The molecule has 0 saturated carbocycles. The minimum absolute atomic E-state index is 0.519. The fourth-order valence-electron chi connectivity index (χ4n) is 3.96. The van der Waals surface area contributed by atoms with E-state index in [0.717, 1.165) is 39.2 Å². The average molecular weight is 378 g/mol. The Kier molecular flexibility index (Phi) is 5.04. The number of ether oxygens (including phenoxy) is 2. The lowest BCUT2D eigenvalue weighted by molar-refractivity contribution is -0.0630. The van der Waals surface area contributed by atoms with E-state index in [1.165, 1.54) is 0 Å². The summed E-state index contributed by atoms with van der Waals surface area (Å²) in [7, 11) is 1.68.